The molecule has 0 aliphatic rings. The van der Waals surface area contributed by atoms with Crippen LogP contribution in [0.25, 0.3) is 0 Å². The second kappa shape index (κ2) is 5.63. The second-order valence-electron chi connectivity index (χ2n) is 6.03. The third kappa shape index (κ3) is 3.17. The lowest BCUT2D eigenvalue weighted by Crippen LogP contribution is -2.13. The lowest BCUT2D eigenvalue weighted by atomic mass is 9.86. The zero-order valence-electron chi connectivity index (χ0n) is 12.6. The Morgan fingerprint density at radius 3 is 2.45 bits per heavy atom. The highest BCUT2D eigenvalue weighted by Crippen LogP contribution is 2.34. The molecule has 0 spiro atoms. The van der Waals surface area contributed by atoms with Gasteiger partial charge in [0.05, 0.1) is 0 Å². The number of rotatable bonds is 3. The third-order valence-corrected chi connectivity index (χ3v) is 3.19. The van der Waals surface area contributed by atoms with Crippen molar-refractivity contribution in [2.24, 2.45) is 5.73 Å². The van der Waals surface area contributed by atoms with E-state index in [0.717, 1.165) is 16.9 Å². The summed E-state index contributed by atoms with van der Waals surface area (Å²) in [4.78, 5) is 4.32. The molecule has 0 saturated heterocycles. The number of ether oxygens (including phenoxy) is 1. The van der Waals surface area contributed by atoms with Gasteiger partial charge in [-0.15, -0.1) is 0 Å². The average Bonchev–Trinajstić information content (AvgIpc) is 2.38. The molecule has 0 aliphatic heterocycles. The molecule has 0 fully saturated rings. The van der Waals surface area contributed by atoms with Crippen LogP contribution in [0, 0.1) is 0 Å². The van der Waals surface area contributed by atoms with Crippen LogP contribution in [0.3, 0.4) is 0 Å². The van der Waals surface area contributed by atoms with Crippen molar-refractivity contribution in [2.75, 3.05) is 0 Å². The topological polar surface area (TPSA) is 48.1 Å². The van der Waals surface area contributed by atoms with Crippen molar-refractivity contribution in [3.05, 3.63) is 53.7 Å². The third-order valence-electron chi connectivity index (χ3n) is 3.19. The van der Waals surface area contributed by atoms with Gasteiger partial charge < -0.3 is 10.5 Å². The van der Waals surface area contributed by atoms with Crippen molar-refractivity contribution in [3.63, 3.8) is 0 Å². The number of benzene rings is 1. The molecule has 1 heterocycles. The molecule has 0 saturated carbocycles. The van der Waals surface area contributed by atoms with E-state index < -0.39 is 0 Å². The molecule has 0 radical (unpaired) electrons. The smallest absolute Gasteiger partial charge is 0.223 e. The van der Waals surface area contributed by atoms with Crippen LogP contribution in [0.4, 0.5) is 0 Å². The lowest BCUT2D eigenvalue weighted by Gasteiger charge is -2.23. The van der Waals surface area contributed by atoms with E-state index in [1.54, 1.807) is 6.20 Å². The Balaban J connectivity index is 2.41. The molecule has 0 aliphatic carbocycles. The SMILES string of the molecule is C[C@@H](N)c1cccnc1Oc1ccccc1C(C)(C)C. The Morgan fingerprint density at radius 2 is 1.80 bits per heavy atom. The first-order chi connectivity index (χ1) is 9.39. The van der Waals surface area contributed by atoms with E-state index in [-0.39, 0.29) is 11.5 Å². The summed E-state index contributed by atoms with van der Waals surface area (Å²) in [5.74, 6) is 1.42. The van der Waals surface area contributed by atoms with Gasteiger partial charge in [0.25, 0.3) is 0 Å². The number of hydrogen-bond donors (Lipinski definition) is 1. The van der Waals surface area contributed by atoms with Crippen LogP contribution in [-0.4, -0.2) is 4.98 Å². The van der Waals surface area contributed by atoms with Crippen molar-refractivity contribution in [3.8, 4) is 11.6 Å². The van der Waals surface area contributed by atoms with Crippen LogP contribution < -0.4 is 10.5 Å². The average molecular weight is 270 g/mol. The minimum Gasteiger partial charge on any atom is -0.438 e. The molecule has 0 amide bonds. The Bertz CT molecular complexity index is 586. The van der Waals surface area contributed by atoms with Gasteiger partial charge in [-0.2, -0.15) is 0 Å². The summed E-state index contributed by atoms with van der Waals surface area (Å²) in [6.45, 7) is 8.43. The minimum absolute atomic E-state index is 0.0138. The number of para-hydroxylation sites is 1. The van der Waals surface area contributed by atoms with Crippen LogP contribution >= 0.6 is 0 Å². The fourth-order valence-corrected chi connectivity index (χ4v) is 2.11. The van der Waals surface area contributed by atoms with Crippen LogP contribution in [0.5, 0.6) is 11.6 Å². The normalized spacial score (nSPS) is 13.1. The number of hydrogen-bond acceptors (Lipinski definition) is 3. The van der Waals surface area contributed by atoms with Gasteiger partial charge in [-0.05, 0) is 24.5 Å². The molecule has 1 aromatic heterocycles. The Labute approximate surface area is 120 Å². The van der Waals surface area contributed by atoms with E-state index >= 15 is 0 Å². The summed E-state index contributed by atoms with van der Waals surface area (Å²) in [5.41, 5.74) is 8.05. The summed E-state index contributed by atoms with van der Waals surface area (Å²) in [5, 5.41) is 0. The molecule has 0 unspecified atom stereocenters. The van der Waals surface area contributed by atoms with Gasteiger partial charge >= 0.3 is 0 Å². The largest absolute Gasteiger partial charge is 0.438 e. The van der Waals surface area contributed by atoms with Gasteiger partial charge in [-0.3, -0.25) is 0 Å². The van der Waals surface area contributed by atoms with Gasteiger partial charge in [0.15, 0.2) is 0 Å². The van der Waals surface area contributed by atoms with E-state index in [0.29, 0.717) is 5.88 Å². The van der Waals surface area contributed by atoms with E-state index in [1.165, 1.54) is 0 Å². The summed E-state index contributed by atoms with van der Waals surface area (Å²) in [6.07, 6.45) is 1.72. The second-order valence-corrected chi connectivity index (χ2v) is 6.03. The first-order valence-electron chi connectivity index (χ1n) is 6.87. The maximum absolute atomic E-state index is 6.04. The number of pyridine rings is 1. The highest BCUT2D eigenvalue weighted by atomic mass is 16.5. The Morgan fingerprint density at radius 1 is 1.10 bits per heavy atom. The summed E-state index contributed by atoms with van der Waals surface area (Å²) in [7, 11) is 0. The quantitative estimate of drug-likeness (QED) is 0.909. The van der Waals surface area contributed by atoms with Gasteiger partial charge in [-0.25, -0.2) is 4.98 Å². The van der Waals surface area contributed by atoms with E-state index in [9.17, 15) is 0 Å². The van der Waals surface area contributed by atoms with Crippen LogP contribution in [0.15, 0.2) is 42.6 Å². The molecule has 2 rings (SSSR count). The zero-order valence-corrected chi connectivity index (χ0v) is 12.6. The molecule has 1 aromatic carbocycles. The first-order valence-corrected chi connectivity index (χ1v) is 6.87. The van der Waals surface area contributed by atoms with Crippen molar-refractivity contribution in [1.82, 2.24) is 4.98 Å². The Kier molecular flexibility index (Phi) is 4.09. The highest BCUT2D eigenvalue weighted by Gasteiger charge is 2.20. The highest BCUT2D eigenvalue weighted by molar-refractivity contribution is 5.42. The van der Waals surface area contributed by atoms with Crippen molar-refractivity contribution in [2.45, 2.75) is 39.2 Å². The van der Waals surface area contributed by atoms with E-state index in [1.807, 2.05) is 37.3 Å². The molecule has 3 nitrogen and oxygen atoms in total. The van der Waals surface area contributed by atoms with Crippen molar-refractivity contribution in [1.29, 1.82) is 0 Å². The van der Waals surface area contributed by atoms with Crippen molar-refractivity contribution < 1.29 is 4.74 Å². The number of aromatic nitrogens is 1. The molecule has 1 atom stereocenters. The fourth-order valence-electron chi connectivity index (χ4n) is 2.11. The molecular formula is C17H22N2O. The lowest BCUT2D eigenvalue weighted by molar-refractivity contribution is 0.431. The zero-order chi connectivity index (χ0) is 14.8. The van der Waals surface area contributed by atoms with Crippen molar-refractivity contribution >= 4 is 0 Å². The minimum atomic E-state index is -0.111. The number of nitrogens with zero attached hydrogens (tertiary/aromatic N) is 1. The fraction of sp³-hybridized carbons (Fsp3) is 0.353. The first kappa shape index (κ1) is 14.5. The summed E-state index contributed by atoms with van der Waals surface area (Å²) in [6, 6.07) is 11.8. The molecule has 20 heavy (non-hydrogen) atoms. The Hall–Kier alpha value is -1.87. The van der Waals surface area contributed by atoms with E-state index in [2.05, 4.69) is 31.8 Å². The molecule has 0 bridgehead atoms. The number of nitrogens with two attached hydrogens (primary N) is 1. The predicted molar refractivity (Wildman–Crippen MR) is 82.1 cm³/mol. The molecular weight excluding hydrogens is 248 g/mol. The maximum atomic E-state index is 6.04. The van der Waals surface area contributed by atoms with E-state index in [4.69, 9.17) is 10.5 Å². The van der Waals surface area contributed by atoms with Crippen LogP contribution in [-0.2, 0) is 5.41 Å². The monoisotopic (exact) mass is 270 g/mol. The molecule has 106 valence electrons. The summed E-state index contributed by atoms with van der Waals surface area (Å²) >= 11 is 0. The van der Waals surface area contributed by atoms with Gasteiger partial charge in [-0.1, -0.05) is 45.0 Å². The van der Waals surface area contributed by atoms with Crippen LogP contribution in [0.1, 0.15) is 44.9 Å². The summed E-state index contributed by atoms with van der Waals surface area (Å²) < 4.78 is 6.04. The standard InChI is InChI=1S/C17H22N2O/c1-12(18)13-8-7-11-19-16(13)20-15-10-6-5-9-14(15)17(2,3)4/h5-12H,18H2,1-4H3/t12-/m1/s1. The van der Waals surface area contributed by atoms with Crippen LogP contribution in [0.2, 0.25) is 0 Å². The maximum Gasteiger partial charge on any atom is 0.223 e. The van der Waals surface area contributed by atoms with Gasteiger partial charge in [0, 0.05) is 23.4 Å². The predicted octanol–water partition coefficient (Wildman–Crippen LogP) is 4.19. The van der Waals surface area contributed by atoms with Gasteiger partial charge in [0.2, 0.25) is 5.88 Å². The molecule has 2 N–H and O–H groups in total. The molecule has 3 heteroatoms. The molecule has 2 aromatic rings. The van der Waals surface area contributed by atoms with Gasteiger partial charge in [0.1, 0.15) is 5.75 Å².